The average Bonchev–Trinajstić information content (AvgIpc) is 2.84. The molecule has 2 heterocycles. The molecule has 1 saturated heterocycles. The quantitative estimate of drug-likeness (QED) is 0.499. The normalized spacial score (nSPS) is 14.8. The first-order valence-electron chi connectivity index (χ1n) is 10.8. The number of anilines is 1. The number of hydrogen-bond donors (Lipinski definition) is 0. The van der Waals surface area contributed by atoms with Crippen LogP contribution in [0.2, 0.25) is 0 Å². The van der Waals surface area contributed by atoms with E-state index in [1.165, 1.54) is 6.07 Å². The molecule has 1 aliphatic rings. The molecule has 0 saturated carbocycles. The Balaban J connectivity index is 1.34. The topological polar surface area (TPSA) is 37.8 Å². The number of aromatic nitrogens is 1. The molecule has 1 aromatic heterocycles. The zero-order valence-electron chi connectivity index (χ0n) is 18.4. The summed E-state index contributed by atoms with van der Waals surface area (Å²) in [5.74, 6) is 2.06. The molecule has 1 fully saturated rings. The maximum absolute atomic E-state index is 12.9. The van der Waals surface area contributed by atoms with Crippen molar-refractivity contribution >= 4 is 5.82 Å². The van der Waals surface area contributed by atoms with Crippen molar-refractivity contribution in [3.05, 3.63) is 83.6 Å². The number of alkyl halides is 3. The highest BCUT2D eigenvalue weighted by molar-refractivity contribution is 5.43. The molecule has 0 spiro atoms. The zero-order valence-corrected chi connectivity index (χ0v) is 18.4. The molecule has 3 aromatic rings. The maximum Gasteiger partial charge on any atom is 0.416 e. The number of piperazine rings is 1. The standard InChI is InChI=1S/C25H26F3N3O2/c1-32-23-16-19(17-30-11-13-31(14-12-30)24-7-2-3-10-29-24)8-9-22(23)33-18-20-5-4-6-21(15-20)25(26,27)28/h2-10,15-16H,11-14,17-18H2,1H3. The van der Waals surface area contributed by atoms with Crippen molar-refractivity contribution in [3.8, 4) is 11.5 Å². The molecule has 0 atom stereocenters. The third-order valence-electron chi connectivity index (χ3n) is 5.63. The zero-order chi connectivity index (χ0) is 23.3. The van der Waals surface area contributed by atoms with Gasteiger partial charge in [0.25, 0.3) is 0 Å². The van der Waals surface area contributed by atoms with Crippen LogP contribution in [0.5, 0.6) is 11.5 Å². The summed E-state index contributed by atoms with van der Waals surface area (Å²) >= 11 is 0. The summed E-state index contributed by atoms with van der Waals surface area (Å²) in [5, 5.41) is 0. The van der Waals surface area contributed by atoms with Crippen LogP contribution >= 0.6 is 0 Å². The Morgan fingerprint density at radius 3 is 2.39 bits per heavy atom. The van der Waals surface area contributed by atoms with Gasteiger partial charge in [0.2, 0.25) is 0 Å². The monoisotopic (exact) mass is 457 g/mol. The maximum atomic E-state index is 12.9. The molecule has 0 amide bonds. The van der Waals surface area contributed by atoms with Crippen molar-refractivity contribution in [1.82, 2.24) is 9.88 Å². The summed E-state index contributed by atoms with van der Waals surface area (Å²) in [7, 11) is 1.56. The number of pyridine rings is 1. The lowest BCUT2D eigenvalue weighted by Gasteiger charge is -2.35. The Kier molecular flexibility index (Phi) is 7.03. The first kappa shape index (κ1) is 22.9. The molecule has 1 aliphatic heterocycles. The highest BCUT2D eigenvalue weighted by atomic mass is 19.4. The Hall–Kier alpha value is -3.26. The minimum Gasteiger partial charge on any atom is -0.493 e. The highest BCUT2D eigenvalue weighted by Crippen LogP contribution is 2.32. The second-order valence-electron chi connectivity index (χ2n) is 7.92. The predicted molar refractivity (Wildman–Crippen MR) is 120 cm³/mol. The van der Waals surface area contributed by atoms with E-state index >= 15 is 0 Å². The van der Waals surface area contributed by atoms with Gasteiger partial charge in [-0.05, 0) is 47.5 Å². The van der Waals surface area contributed by atoms with Gasteiger partial charge in [-0.2, -0.15) is 13.2 Å². The summed E-state index contributed by atoms with van der Waals surface area (Å²) in [6, 6.07) is 16.8. The van der Waals surface area contributed by atoms with E-state index in [0.29, 0.717) is 17.1 Å². The van der Waals surface area contributed by atoms with Gasteiger partial charge in [-0.1, -0.05) is 24.3 Å². The number of benzene rings is 2. The number of ether oxygens (including phenoxy) is 2. The number of nitrogens with zero attached hydrogens (tertiary/aromatic N) is 3. The Morgan fingerprint density at radius 2 is 1.70 bits per heavy atom. The molecule has 8 heteroatoms. The van der Waals surface area contributed by atoms with Gasteiger partial charge in [-0.3, -0.25) is 4.90 Å². The molecule has 174 valence electrons. The van der Waals surface area contributed by atoms with Gasteiger partial charge in [0.05, 0.1) is 12.7 Å². The summed E-state index contributed by atoms with van der Waals surface area (Å²) < 4.78 is 50.0. The van der Waals surface area contributed by atoms with E-state index in [-0.39, 0.29) is 6.61 Å². The predicted octanol–water partition coefficient (Wildman–Crippen LogP) is 5.01. The molecule has 5 nitrogen and oxygen atoms in total. The summed E-state index contributed by atoms with van der Waals surface area (Å²) in [6.07, 6.45) is -2.57. The van der Waals surface area contributed by atoms with Gasteiger partial charge in [-0.25, -0.2) is 4.98 Å². The van der Waals surface area contributed by atoms with E-state index in [0.717, 1.165) is 56.2 Å². The average molecular weight is 457 g/mol. The van der Waals surface area contributed by atoms with Gasteiger partial charge in [0.1, 0.15) is 12.4 Å². The summed E-state index contributed by atoms with van der Waals surface area (Å²) in [4.78, 5) is 9.07. The van der Waals surface area contributed by atoms with Gasteiger partial charge < -0.3 is 14.4 Å². The first-order valence-corrected chi connectivity index (χ1v) is 10.8. The molecule has 4 rings (SSSR count). The van der Waals surface area contributed by atoms with Crippen LogP contribution in [-0.2, 0) is 19.3 Å². The first-order chi connectivity index (χ1) is 15.9. The van der Waals surface area contributed by atoms with E-state index in [9.17, 15) is 13.2 Å². The fraction of sp³-hybridized carbons (Fsp3) is 0.320. The van der Waals surface area contributed by atoms with E-state index in [2.05, 4.69) is 14.8 Å². The number of methoxy groups -OCH3 is 1. The Bertz CT molecular complexity index is 1050. The Labute approximate surface area is 191 Å². The molecule has 33 heavy (non-hydrogen) atoms. The van der Waals surface area contributed by atoms with Crippen molar-refractivity contribution in [2.75, 3.05) is 38.2 Å². The molecular formula is C25H26F3N3O2. The SMILES string of the molecule is COc1cc(CN2CCN(c3ccccn3)CC2)ccc1OCc1cccc(C(F)(F)F)c1. The fourth-order valence-corrected chi connectivity index (χ4v) is 3.86. The lowest BCUT2D eigenvalue weighted by Crippen LogP contribution is -2.46. The van der Waals surface area contributed by atoms with Crippen molar-refractivity contribution in [2.24, 2.45) is 0 Å². The van der Waals surface area contributed by atoms with Crippen LogP contribution in [0.1, 0.15) is 16.7 Å². The van der Waals surface area contributed by atoms with Crippen LogP contribution in [0.25, 0.3) is 0 Å². The van der Waals surface area contributed by atoms with E-state index < -0.39 is 11.7 Å². The molecule has 0 aliphatic carbocycles. The fourth-order valence-electron chi connectivity index (χ4n) is 3.86. The van der Waals surface area contributed by atoms with Crippen LogP contribution in [0, 0.1) is 0 Å². The molecule has 0 unspecified atom stereocenters. The highest BCUT2D eigenvalue weighted by Gasteiger charge is 2.30. The molecule has 0 bridgehead atoms. The van der Waals surface area contributed by atoms with E-state index in [4.69, 9.17) is 9.47 Å². The summed E-state index contributed by atoms with van der Waals surface area (Å²) in [5.41, 5.74) is 0.848. The number of hydrogen-bond acceptors (Lipinski definition) is 5. The smallest absolute Gasteiger partial charge is 0.416 e. The molecule has 0 N–H and O–H groups in total. The van der Waals surface area contributed by atoms with E-state index in [1.54, 1.807) is 13.2 Å². The number of rotatable bonds is 7. The van der Waals surface area contributed by atoms with Crippen LogP contribution in [0.4, 0.5) is 19.0 Å². The Morgan fingerprint density at radius 1 is 0.879 bits per heavy atom. The largest absolute Gasteiger partial charge is 0.493 e. The minimum atomic E-state index is -4.38. The van der Waals surface area contributed by atoms with Gasteiger partial charge >= 0.3 is 6.18 Å². The third-order valence-corrected chi connectivity index (χ3v) is 5.63. The number of halogens is 3. The van der Waals surface area contributed by atoms with Crippen LogP contribution < -0.4 is 14.4 Å². The van der Waals surface area contributed by atoms with E-state index in [1.807, 2.05) is 42.6 Å². The van der Waals surface area contributed by atoms with Crippen molar-refractivity contribution in [3.63, 3.8) is 0 Å². The van der Waals surface area contributed by atoms with Crippen LogP contribution in [0.3, 0.4) is 0 Å². The van der Waals surface area contributed by atoms with Gasteiger partial charge in [-0.15, -0.1) is 0 Å². The molecular weight excluding hydrogens is 431 g/mol. The minimum absolute atomic E-state index is 0.0229. The van der Waals surface area contributed by atoms with Crippen LogP contribution in [-0.4, -0.2) is 43.2 Å². The second-order valence-corrected chi connectivity index (χ2v) is 7.92. The lowest BCUT2D eigenvalue weighted by molar-refractivity contribution is -0.137. The second kappa shape index (κ2) is 10.1. The summed E-state index contributed by atoms with van der Waals surface area (Å²) in [6.45, 7) is 4.47. The van der Waals surface area contributed by atoms with Crippen molar-refractivity contribution < 1.29 is 22.6 Å². The van der Waals surface area contributed by atoms with Crippen molar-refractivity contribution in [2.45, 2.75) is 19.3 Å². The lowest BCUT2D eigenvalue weighted by atomic mass is 10.1. The van der Waals surface area contributed by atoms with Gasteiger partial charge in [0.15, 0.2) is 11.5 Å². The molecule has 2 aromatic carbocycles. The van der Waals surface area contributed by atoms with Crippen molar-refractivity contribution in [1.29, 1.82) is 0 Å². The van der Waals surface area contributed by atoms with Gasteiger partial charge in [0, 0.05) is 38.9 Å². The van der Waals surface area contributed by atoms with Crippen LogP contribution in [0.15, 0.2) is 66.9 Å². The third kappa shape index (κ3) is 5.96. The molecule has 0 radical (unpaired) electrons.